The lowest BCUT2D eigenvalue weighted by atomic mass is 10.1. The van der Waals surface area contributed by atoms with Gasteiger partial charge in [0, 0.05) is 16.8 Å². The highest BCUT2D eigenvalue weighted by atomic mass is 35.5. The molecule has 16 heavy (non-hydrogen) atoms. The van der Waals surface area contributed by atoms with Crippen LogP contribution in [-0.2, 0) is 0 Å². The number of hydrogen-bond acceptors (Lipinski definition) is 5. The van der Waals surface area contributed by atoms with Crippen LogP contribution in [0, 0.1) is 0 Å². The second-order valence-corrected chi connectivity index (χ2v) is 5.82. The number of thioether (sulfide) groups is 1. The van der Waals surface area contributed by atoms with Crippen molar-refractivity contribution in [3.8, 4) is 0 Å². The van der Waals surface area contributed by atoms with Gasteiger partial charge in [-0.1, -0.05) is 46.8 Å². The Morgan fingerprint density at radius 3 is 2.69 bits per heavy atom. The molecule has 2 rings (SSSR count). The first kappa shape index (κ1) is 11.9. The Balaban J connectivity index is 2.13. The van der Waals surface area contributed by atoms with Crippen LogP contribution in [-0.4, -0.2) is 16.7 Å². The van der Waals surface area contributed by atoms with Crippen LogP contribution in [0.5, 0.6) is 0 Å². The van der Waals surface area contributed by atoms with E-state index in [0.717, 1.165) is 14.9 Å². The summed E-state index contributed by atoms with van der Waals surface area (Å²) in [6.07, 6.45) is 0. The van der Waals surface area contributed by atoms with Gasteiger partial charge in [0.2, 0.25) is 0 Å². The molecule has 0 bridgehead atoms. The predicted octanol–water partition coefficient (Wildman–Crippen LogP) is 2.98. The van der Waals surface area contributed by atoms with E-state index < -0.39 is 0 Å². The van der Waals surface area contributed by atoms with Crippen LogP contribution in [0.4, 0.5) is 0 Å². The molecule has 1 unspecified atom stereocenters. The van der Waals surface area contributed by atoms with Gasteiger partial charge in [-0.2, -0.15) is 0 Å². The molecule has 0 aliphatic rings. The highest BCUT2D eigenvalue weighted by molar-refractivity contribution is 8.01. The summed E-state index contributed by atoms with van der Waals surface area (Å²) in [7, 11) is 0. The van der Waals surface area contributed by atoms with Crippen LogP contribution in [0.15, 0.2) is 34.1 Å². The molecule has 1 heterocycles. The van der Waals surface area contributed by atoms with Crippen LogP contribution in [0.1, 0.15) is 10.8 Å². The third kappa shape index (κ3) is 2.95. The Morgan fingerprint density at radius 2 is 2.12 bits per heavy atom. The predicted molar refractivity (Wildman–Crippen MR) is 69.0 cm³/mol. The molecule has 0 saturated heterocycles. The molecule has 0 radical (unpaired) electrons. The van der Waals surface area contributed by atoms with Gasteiger partial charge in [0.25, 0.3) is 0 Å². The van der Waals surface area contributed by atoms with Gasteiger partial charge in [-0.05, 0) is 17.7 Å². The van der Waals surface area contributed by atoms with Crippen molar-refractivity contribution in [3.05, 3.63) is 40.4 Å². The third-order valence-electron chi connectivity index (χ3n) is 2.04. The van der Waals surface area contributed by atoms with E-state index >= 15 is 0 Å². The van der Waals surface area contributed by atoms with Crippen LogP contribution in [0.25, 0.3) is 0 Å². The van der Waals surface area contributed by atoms with Crippen LogP contribution >= 0.6 is 34.7 Å². The molecular formula is C10H10ClN3S2. The van der Waals surface area contributed by atoms with E-state index in [1.807, 2.05) is 24.3 Å². The average molecular weight is 272 g/mol. The zero-order chi connectivity index (χ0) is 11.4. The summed E-state index contributed by atoms with van der Waals surface area (Å²) in [5, 5.41) is 8.74. The fourth-order valence-corrected chi connectivity index (χ4v) is 3.10. The fourth-order valence-electron chi connectivity index (χ4n) is 1.27. The van der Waals surface area contributed by atoms with E-state index in [1.54, 1.807) is 17.3 Å². The maximum absolute atomic E-state index is 5.84. The molecule has 0 amide bonds. The lowest BCUT2D eigenvalue weighted by Gasteiger charge is -2.12. The molecule has 0 spiro atoms. The second-order valence-electron chi connectivity index (χ2n) is 3.10. The molecule has 3 nitrogen and oxygen atoms in total. The molecule has 6 heteroatoms. The van der Waals surface area contributed by atoms with Crippen molar-refractivity contribution in [1.82, 2.24) is 10.2 Å². The van der Waals surface area contributed by atoms with Gasteiger partial charge >= 0.3 is 0 Å². The van der Waals surface area contributed by atoms with Gasteiger partial charge in [-0.25, -0.2) is 0 Å². The highest BCUT2D eigenvalue weighted by Gasteiger charge is 2.13. The first-order valence-corrected chi connectivity index (χ1v) is 6.81. The molecule has 0 aliphatic heterocycles. The zero-order valence-corrected chi connectivity index (χ0v) is 10.7. The van der Waals surface area contributed by atoms with Gasteiger partial charge in [0.1, 0.15) is 5.51 Å². The van der Waals surface area contributed by atoms with Gasteiger partial charge < -0.3 is 5.73 Å². The molecule has 0 saturated carbocycles. The number of aromatic nitrogens is 2. The number of nitrogens with zero attached hydrogens (tertiary/aromatic N) is 2. The van der Waals surface area contributed by atoms with Gasteiger partial charge in [0.15, 0.2) is 4.34 Å². The topological polar surface area (TPSA) is 51.8 Å². The largest absolute Gasteiger partial charge is 0.329 e. The van der Waals surface area contributed by atoms with Crippen molar-refractivity contribution < 1.29 is 0 Å². The lowest BCUT2D eigenvalue weighted by molar-refractivity contribution is 0.931. The normalized spacial score (nSPS) is 12.6. The Labute approximate surface area is 107 Å². The van der Waals surface area contributed by atoms with E-state index in [0.29, 0.717) is 6.54 Å². The standard InChI is InChI=1S/C10H10ClN3S2/c11-8-3-1-7(2-4-8)9(5-12)16-10-14-13-6-15-10/h1-4,6,9H,5,12H2. The molecule has 0 fully saturated rings. The first-order valence-electron chi connectivity index (χ1n) is 4.68. The number of halogens is 1. The zero-order valence-electron chi connectivity index (χ0n) is 8.34. The van der Waals surface area contributed by atoms with Gasteiger partial charge in [-0.3, -0.25) is 0 Å². The minimum Gasteiger partial charge on any atom is -0.329 e. The molecule has 1 atom stereocenters. The molecule has 2 N–H and O–H groups in total. The molecular weight excluding hydrogens is 262 g/mol. The summed E-state index contributed by atoms with van der Waals surface area (Å²) < 4.78 is 0.936. The van der Waals surface area contributed by atoms with Crippen molar-refractivity contribution in [2.45, 2.75) is 9.59 Å². The maximum Gasteiger partial charge on any atom is 0.174 e. The van der Waals surface area contributed by atoms with E-state index in [-0.39, 0.29) is 5.25 Å². The van der Waals surface area contributed by atoms with E-state index in [9.17, 15) is 0 Å². The monoisotopic (exact) mass is 271 g/mol. The van der Waals surface area contributed by atoms with Crippen molar-refractivity contribution in [1.29, 1.82) is 0 Å². The SMILES string of the molecule is NCC(Sc1nncs1)c1ccc(Cl)cc1. The van der Waals surface area contributed by atoms with Crippen LogP contribution in [0.2, 0.25) is 5.02 Å². The minimum atomic E-state index is 0.199. The molecule has 1 aromatic heterocycles. The van der Waals surface area contributed by atoms with E-state index in [2.05, 4.69) is 10.2 Å². The Kier molecular flexibility index (Phi) is 4.17. The highest BCUT2D eigenvalue weighted by Crippen LogP contribution is 2.35. The summed E-state index contributed by atoms with van der Waals surface area (Å²) in [5.74, 6) is 0. The lowest BCUT2D eigenvalue weighted by Crippen LogP contribution is -2.09. The Bertz CT molecular complexity index is 430. The quantitative estimate of drug-likeness (QED) is 0.869. The summed E-state index contributed by atoms with van der Waals surface area (Å²) in [6, 6.07) is 7.74. The third-order valence-corrected chi connectivity index (χ3v) is 4.38. The van der Waals surface area contributed by atoms with Gasteiger partial charge in [-0.15, -0.1) is 10.2 Å². The first-order chi connectivity index (χ1) is 7.79. The molecule has 84 valence electrons. The van der Waals surface area contributed by atoms with Crippen molar-refractivity contribution >= 4 is 34.7 Å². The van der Waals surface area contributed by atoms with E-state index in [1.165, 1.54) is 11.3 Å². The second kappa shape index (κ2) is 5.63. The van der Waals surface area contributed by atoms with Crippen molar-refractivity contribution in [2.24, 2.45) is 5.73 Å². The maximum atomic E-state index is 5.84. The number of benzene rings is 1. The van der Waals surface area contributed by atoms with Gasteiger partial charge in [0.05, 0.1) is 0 Å². The Morgan fingerprint density at radius 1 is 1.38 bits per heavy atom. The van der Waals surface area contributed by atoms with Crippen LogP contribution in [0.3, 0.4) is 0 Å². The summed E-state index contributed by atoms with van der Waals surface area (Å²) >= 11 is 9.00. The molecule has 0 aliphatic carbocycles. The average Bonchev–Trinajstić information content (AvgIpc) is 2.80. The van der Waals surface area contributed by atoms with Crippen molar-refractivity contribution in [2.75, 3.05) is 6.54 Å². The van der Waals surface area contributed by atoms with E-state index in [4.69, 9.17) is 17.3 Å². The minimum absolute atomic E-state index is 0.199. The number of nitrogens with two attached hydrogens (primary N) is 1. The number of rotatable bonds is 4. The molecule has 2 aromatic rings. The summed E-state index contributed by atoms with van der Waals surface area (Å²) in [6.45, 7) is 0.561. The van der Waals surface area contributed by atoms with Crippen LogP contribution < -0.4 is 5.73 Å². The summed E-state index contributed by atoms with van der Waals surface area (Å²) in [4.78, 5) is 0. The fraction of sp³-hybridized carbons (Fsp3) is 0.200. The smallest absolute Gasteiger partial charge is 0.174 e. The molecule has 1 aromatic carbocycles. The summed E-state index contributed by atoms with van der Waals surface area (Å²) in [5.41, 5.74) is 8.64. The Hall–Kier alpha value is -0.620. The van der Waals surface area contributed by atoms with Crippen molar-refractivity contribution in [3.63, 3.8) is 0 Å². The number of hydrogen-bond donors (Lipinski definition) is 1.